The van der Waals surface area contributed by atoms with Crippen molar-refractivity contribution >= 4 is 25.9 Å². The number of carboxylic acid groups (broad SMARTS) is 1. The Labute approximate surface area is 178 Å². The lowest BCUT2D eigenvalue weighted by Crippen LogP contribution is -2.47. The van der Waals surface area contributed by atoms with E-state index in [9.17, 15) is 24.8 Å². The summed E-state index contributed by atoms with van der Waals surface area (Å²) in [7, 11) is -0.697. The van der Waals surface area contributed by atoms with Crippen molar-refractivity contribution < 1.29 is 28.8 Å². The van der Waals surface area contributed by atoms with Crippen LogP contribution in [0, 0.1) is 16.0 Å². The Bertz CT molecular complexity index is 745. The number of nitro groups is 1. The summed E-state index contributed by atoms with van der Waals surface area (Å²) in [5, 5.41) is 23.0. The van der Waals surface area contributed by atoms with E-state index in [0.717, 1.165) is 0 Å². The molecule has 10 heteroatoms. The molecule has 9 nitrogen and oxygen atoms in total. The molecule has 0 aliphatic carbocycles. The Kier molecular flexibility index (Phi) is 9.13. The van der Waals surface area contributed by atoms with Crippen molar-refractivity contribution in [3.05, 3.63) is 39.9 Å². The zero-order valence-corrected chi connectivity index (χ0v) is 19.4. The van der Waals surface area contributed by atoms with E-state index >= 15 is 0 Å². The van der Waals surface area contributed by atoms with Crippen molar-refractivity contribution in [2.24, 2.45) is 5.92 Å². The van der Waals surface area contributed by atoms with E-state index in [1.165, 1.54) is 31.4 Å². The molecule has 0 heterocycles. The van der Waals surface area contributed by atoms with E-state index in [1.807, 2.05) is 0 Å². The largest absolute Gasteiger partial charge is 0.481 e. The average Bonchev–Trinajstić information content (AvgIpc) is 2.64. The molecule has 0 unspecified atom stereocenters. The molecule has 0 bridgehead atoms. The van der Waals surface area contributed by atoms with Gasteiger partial charge in [0.1, 0.15) is 0 Å². The van der Waals surface area contributed by atoms with Crippen LogP contribution in [0.4, 0.5) is 5.69 Å². The molecule has 1 aromatic carbocycles. The van der Waals surface area contributed by atoms with E-state index < -0.39 is 37.1 Å². The Morgan fingerprint density at radius 2 is 1.77 bits per heavy atom. The van der Waals surface area contributed by atoms with E-state index in [-0.39, 0.29) is 35.9 Å². The van der Waals surface area contributed by atoms with Crippen LogP contribution in [-0.4, -0.2) is 56.6 Å². The van der Waals surface area contributed by atoms with Gasteiger partial charge in [0.05, 0.1) is 30.1 Å². The third-order valence-electron chi connectivity index (χ3n) is 5.41. The number of amides is 1. The van der Waals surface area contributed by atoms with Crippen LogP contribution in [0.25, 0.3) is 0 Å². The number of ether oxygens (including phenoxy) is 1. The summed E-state index contributed by atoms with van der Waals surface area (Å²) in [6, 6.07) is 4.67. The maximum Gasteiger partial charge on any atom is 0.308 e. The fourth-order valence-electron chi connectivity index (χ4n) is 2.48. The topological polar surface area (TPSA) is 128 Å². The Balaban J connectivity index is 2.99. The second-order valence-electron chi connectivity index (χ2n) is 8.77. The first kappa shape index (κ1) is 25.7. The zero-order chi connectivity index (χ0) is 23.1. The molecule has 2 N–H and O–H groups in total. The molecule has 1 aromatic rings. The minimum absolute atomic E-state index is 0.0132. The van der Waals surface area contributed by atoms with Gasteiger partial charge >= 0.3 is 5.97 Å². The highest BCUT2D eigenvalue weighted by Crippen LogP contribution is 2.36. The van der Waals surface area contributed by atoms with E-state index in [2.05, 4.69) is 39.2 Å². The van der Waals surface area contributed by atoms with E-state index in [1.54, 1.807) is 0 Å². The molecule has 30 heavy (non-hydrogen) atoms. The van der Waals surface area contributed by atoms with Gasteiger partial charge in [0.2, 0.25) is 0 Å². The molecule has 0 fully saturated rings. The molecule has 0 saturated carbocycles. The van der Waals surface area contributed by atoms with Crippen molar-refractivity contribution in [1.29, 1.82) is 0 Å². The van der Waals surface area contributed by atoms with Gasteiger partial charge in [0, 0.05) is 24.8 Å². The number of carboxylic acids is 1. The van der Waals surface area contributed by atoms with Gasteiger partial charge in [-0.15, -0.1) is 0 Å². The zero-order valence-electron chi connectivity index (χ0n) is 18.4. The van der Waals surface area contributed by atoms with Gasteiger partial charge < -0.3 is 19.6 Å². The van der Waals surface area contributed by atoms with Crippen molar-refractivity contribution in [2.45, 2.75) is 51.4 Å². The summed E-state index contributed by atoms with van der Waals surface area (Å²) in [5.41, 5.74) is 0.131. The first-order valence-electron chi connectivity index (χ1n) is 9.69. The van der Waals surface area contributed by atoms with Crippen LogP contribution in [0.2, 0.25) is 18.1 Å². The van der Waals surface area contributed by atoms with Crippen LogP contribution in [-0.2, 0) is 14.0 Å². The maximum absolute atomic E-state index is 12.7. The molecule has 0 aromatic heterocycles. The second-order valence-corrected chi connectivity index (χ2v) is 13.6. The van der Waals surface area contributed by atoms with Gasteiger partial charge in [-0.25, -0.2) is 0 Å². The minimum atomic E-state index is -2.12. The van der Waals surface area contributed by atoms with E-state index in [0.29, 0.717) is 0 Å². The van der Waals surface area contributed by atoms with Gasteiger partial charge in [0.25, 0.3) is 11.6 Å². The summed E-state index contributed by atoms with van der Waals surface area (Å²) < 4.78 is 11.2. The Morgan fingerprint density at radius 1 is 1.20 bits per heavy atom. The lowest BCUT2D eigenvalue weighted by molar-refractivity contribution is -0.384. The number of aliphatic carboxylic acids is 1. The fourth-order valence-corrected chi connectivity index (χ4v) is 3.53. The molecule has 0 aliphatic rings. The van der Waals surface area contributed by atoms with Crippen molar-refractivity contribution in [2.75, 3.05) is 20.3 Å². The van der Waals surface area contributed by atoms with Gasteiger partial charge in [0.15, 0.2) is 8.32 Å². The predicted octanol–water partition coefficient (Wildman–Crippen LogP) is 3.45. The number of non-ortho nitro benzene ring substituents is 1. The smallest absolute Gasteiger partial charge is 0.308 e. The molecule has 168 valence electrons. The number of nitrogens with one attached hydrogen (secondary N) is 1. The minimum Gasteiger partial charge on any atom is -0.481 e. The highest BCUT2D eigenvalue weighted by molar-refractivity contribution is 6.74. The number of nitrogens with zero attached hydrogens (tertiary/aromatic N) is 1. The van der Waals surface area contributed by atoms with Crippen LogP contribution >= 0.6 is 0 Å². The SMILES string of the molecule is COC[C@@H](C[C@@H](CO[Si](C)(C)C(C)(C)C)NC(=O)c1ccc([N+](=O)[O-])cc1)C(=O)O. The predicted molar refractivity (Wildman–Crippen MR) is 115 cm³/mol. The van der Waals surface area contributed by atoms with Gasteiger partial charge in [-0.2, -0.15) is 0 Å². The van der Waals surface area contributed by atoms with Crippen LogP contribution in [0.1, 0.15) is 37.6 Å². The number of hydrogen-bond donors (Lipinski definition) is 2. The third kappa shape index (κ3) is 7.51. The van der Waals surface area contributed by atoms with E-state index in [4.69, 9.17) is 9.16 Å². The summed E-state index contributed by atoms with van der Waals surface area (Å²) in [6.07, 6.45) is 0.135. The summed E-state index contributed by atoms with van der Waals surface area (Å²) >= 11 is 0. The summed E-state index contributed by atoms with van der Waals surface area (Å²) in [6.45, 7) is 10.6. The number of carbonyl (C=O) groups excluding carboxylic acids is 1. The molecule has 0 aliphatic heterocycles. The molecular formula is C20H32N2O7Si. The molecular weight excluding hydrogens is 408 g/mol. The molecule has 2 atom stereocenters. The van der Waals surface area contributed by atoms with Gasteiger partial charge in [-0.3, -0.25) is 19.7 Å². The van der Waals surface area contributed by atoms with Crippen LogP contribution in [0.3, 0.4) is 0 Å². The van der Waals surface area contributed by atoms with Crippen molar-refractivity contribution in [3.8, 4) is 0 Å². The van der Waals surface area contributed by atoms with Gasteiger partial charge in [-0.1, -0.05) is 20.8 Å². The lowest BCUT2D eigenvalue weighted by atomic mass is 10.0. The third-order valence-corrected chi connectivity index (χ3v) is 9.91. The van der Waals surface area contributed by atoms with Crippen molar-refractivity contribution in [1.82, 2.24) is 5.32 Å². The molecule has 0 spiro atoms. The lowest BCUT2D eigenvalue weighted by Gasteiger charge is -2.37. The van der Waals surface area contributed by atoms with Crippen LogP contribution in [0.5, 0.6) is 0 Å². The standard InChI is InChI=1S/C20H32N2O7Si/c1-20(2,3)30(5,6)29-13-16(11-15(12-28-4)19(24)25)21-18(23)14-7-9-17(10-8-14)22(26)27/h7-10,15-16H,11-13H2,1-6H3,(H,21,23)(H,24,25)/t15-,16+/m1/s1. The number of carbonyl (C=O) groups is 2. The molecule has 0 radical (unpaired) electrons. The Morgan fingerprint density at radius 3 is 2.20 bits per heavy atom. The molecule has 0 saturated heterocycles. The first-order valence-corrected chi connectivity index (χ1v) is 12.6. The van der Waals surface area contributed by atoms with Crippen molar-refractivity contribution in [3.63, 3.8) is 0 Å². The van der Waals surface area contributed by atoms with Gasteiger partial charge in [-0.05, 0) is 36.7 Å². The highest BCUT2D eigenvalue weighted by Gasteiger charge is 2.38. The second kappa shape index (κ2) is 10.6. The highest BCUT2D eigenvalue weighted by atomic mass is 28.4. The number of hydrogen-bond acceptors (Lipinski definition) is 6. The van der Waals surface area contributed by atoms with Crippen LogP contribution < -0.4 is 5.32 Å². The maximum atomic E-state index is 12.7. The number of benzene rings is 1. The normalized spacial score (nSPS) is 14.1. The number of nitro benzene ring substituents is 1. The summed E-state index contributed by atoms with van der Waals surface area (Å²) in [4.78, 5) is 34.5. The quantitative estimate of drug-likeness (QED) is 0.306. The molecule has 1 amide bonds. The monoisotopic (exact) mass is 440 g/mol. The Hall–Kier alpha value is -2.30. The first-order chi connectivity index (χ1) is 13.8. The molecule has 1 rings (SSSR count). The van der Waals surface area contributed by atoms with Crippen LogP contribution in [0.15, 0.2) is 24.3 Å². The number of rotatable bonds is 11. The number of methoxy groups -OCH3 is 1. The fraction of sp³-hybridized carbons (Fsp3) is 0.600. The average molecular weight is 441 g/mol. The summed E-state index contributed by atoms with van der Waals surface area (Å²) in [5.74, 6) is -2.27.